The van der Waals surface area contributed by atoms with E-state index in [1.807, 2.05) is 13.2 Å². The van der Waals surface area contributed by atoms with Gasteiger partial charge in [-0.15, -0.1) is 0 Å². The van der Waals surface area contributed by atoms with E-state index in [9.17, 15) is 0 Å². The lowest BCUT2D eigenvalue weighted by atomic mass is 10.2. The van der Waals surface area contributed by atoms with Crippen LogP contribution in [0.1, 0.15) is 0 Å². The fourth-order valence-electron chi connectivity index (χ4n) is 1.79. The summed E-state index contributed by atoms with van der Waals surface area (Å²) in [5, 5.41) is 4.14. The third-order valence-electron chi connectivity index (χ3n) is 2.74. The molecular formula is C12H10Br2N6O. The van der Waals surface area contributed by atoms with E-state index in [4.69, 9.17) is 10.3 Å². The highest BCUT2D eigenvalue weighted by Gasteiger charge is 2.14. The van der Waals surface area contributed by atoms with Crippen molar-refractivity contribution < 1.29 is 4.42 Å². The lowest BCUT2D eigenvalue weighted by Crippen LogP contribution is -2.09. The average Bonchev–Trinajstić information content (AvgIpc) is 3.05. The summed E-state index contributed by atoms with van der Waals surface area (Å²) in [7, 11) is 1.84. The molecule has 0 aliphatic heterocycles. The molecular weight excluding hydrogens is 404 g/mol. The van der Waals surface area contributed by atoms with Crippen LogP contribution in [0.2, 0.25) is 0 Å². The van der Waals surface area contributed by atoms with E-state index in [1.54, 1.807) is 23.0 Å². The van der Waals surface area contributed by atoms with Gasteiger partial charge in [-0.05, 0) is 31.9 Å². The standard InChI is InChI=1S/C12H10Br2N6O/c1-20-5-6(4-16-20)8-3-10(19-15)18-12(17-8)9-2-7(13)11(14)21-9/h2-5H,15H2,1H3,(H,17,18,19). The van der Waals surface area contributed by atoms with Crippen molar-refractivity contribution in [1.29, 1.82) is 0 Å². The fraction of sp³-hybridized carbons (Fsp3) is 0.0833. The molecule has 3 heterocycles. The summed E-state index contributed by atoms with van der Waals surface area (Å²) in [6.45, 7) is 0. The van der Waals surface area contributed by atoms with Gasteiger partial charge in [0, 0.05) is 30.9 Å². The molecule has 0 saturated carbocycles. The molecule has 3 rings (SSSR count). The van der Waals surface area contributed by atoms with Crippen molar-refractivity contribution in [3.05, 3.63) is 33.7 Å². The van der Waals surface area contributed by atoms with E-state index >= 15 is 0 Å². The van der Waals surface area contributed by atoms with E-state index in [0.717, 1.165) is 10.0 Å². The molecule has 0 aliphatic carbocycles. The van der Waals surface area contributed by atoms with Crippen LogP contribution in [0, 0.1) is 0 Å². The maximum Gasteiger partial charge on any atom is 0.198 e. The molecule has 0 spiro atoms. The highest BCUT2D eigenvalue weighted by molar-refractivity contribution is 9.13. The van der Waals surface area contributed by atoms with Gasteiger partial charge in [-0.3, -0.25) is 4.68 Å². The van der Waals surface area contributed by atoms with Crippen molar-refractivity contribution in [2.75, 3.05) is 5.43 Å². The highest BCUT2D eigenvalue weighted by Crippen LogP contribution is 2.32. The van der Waals surface area contributed by atoms with E-state index in [1.165, 1.54) is 0 Å². The SMILES string of the molecule is Cn1cc(-c2cc(NN)nc(-c3cc(Br)c(Br)o3)n2)cn1. The predicted octanol–water partition coefficient (Wildman–Crippen LogP) is 2.95. The smallest absolute Gasteiger partial charge is 0.198 e. The normalized spacial score (nSPS) is 10.9. The average molecular weight is 414 g/mol. The molecule has 0 aromatic carbocycles. The van der Waals surface area contributed by atoms with Crippen LogP contribution < -0.4 is 11.3 Å². The number of aromatic nitrogens is 4. The molecule has 0 radical (unpaired) electrons. The molecule has 0 amide bonds. The van der Waals surface area contributed by atoms with Gasteiger partial charge in [0.1, 0.15) is 5.82 Å². The van der Waals surface area contributed by atoms with Gasteiger partial charge in [-0.2, -0.15) is 5.10 Å². The van der Waals surface area contributed by atoms with Gasteiger partial charge in [0.15, 0.2) is 16.3 Å². The highest BCUT2D eigenvalue weighted by atomic mass is 79.9. The molecule has 108 valence electrons. The van der Waals surface area contributed by atoms with Crippen LogP contribution in [0.5, 0.6) is 0 Å². The first-order valence-corrected chi connectivity index (χ1v) is 7.45. The number of hydrogen-bond donors (Lipinski definition) is 2. The Labute approximate surface area is 136 Å². The van der Waals surface area contributed by atoms with Crippen molar-refractivity contribution in [3.8, 4) is 22.8 Å². The van der Waals surface area contributed by atoms with Crippen molar-refractivity contribution in [2.24, 2.45) is 12.9 Å². The number of nitrogens with one attached hydrogen (secondary N) is 1. The Hall–Kier alpha value is -1.71. The Morgan fingerprint density at radius 2 is 2.10 bits per heavy atom. The largest absolute Gasteiger partial charge is 0.445 e. The Balaban J connectivity index is 2.13. The van der Waals surface area contributed by atoms with E-state index < -0.39 is 0 Å². The molecule has 9 heteroatoms. The Morgan fingerprint density at radius 3 is 2.67 bits per heavy atom. The molecule has 0 bridgehead atoms. The minimum atomic E-state index is 0.427. The van der Waals surface area contributed by atoms with Crippen LogP contribution in [0.4, 0.5) is 5.82 Å². The number of aryl methyl sites for hydroxylation is 1. The van der Waals surface area contributed by atoms with Crippen LogP contribution in [0.25, 0.3) is 22.8 Å². The molecule has 0 saturated heterocycles. The monoisotopic (exact) mass is 412 g/mol. The number of hydrogen-bond acceptors (Lipinski definition) is 6. The Morgan fingerprint density at radius 1 is 1.29 bits per heavy atom. The first-order valence-electron chi connectivity index (χ1n) is 5.86. The number of halogens is 2. The molecule has 21 heavy (non-hydrogen) atoms. The number of rotatable bonds is 3. The van der Waals surface area contributed by atoms with Crippen LogP contribution in [0.15, 0.2) is 38.1 Å². The van der Waals surface area contributed by atoms with Gasteiger partial charge in [-0.1, -0.05) is 0 Å². The zero-order valence-corrected chi connectivity index (χ0v) is 14.0. The Kier molecular flexibility index (Phi) is 3.79. The van der Waals surface area contributed by atoms with Crippen molar-refractivity contribution in [1.82, 2.24) is 19.7 Å². The van der Waals surface area contributed by atoms with Gasteiger partial charge < -0.3 is 9.84 Å². The molecule has 0 atom stereocenters. The van der Waals surface area contributed by atoms with Gasteiger partial charge >= 0.3 is 0 Å². The zero-order chi connectivity index (χ0) is 15.0. The predicted molar refractivity (Wildman–Crippen MR) is 85.1 cm³/mol. The summed E-state index contributed by atoms with van der Waals surface area (Å²) in [5.41, 5.74) is 4.09. The minimum Gasteiger partial charge on any atom is -0.445 e. The van der Waals surface area contributed by atoms with Crippen LogP contribution in [0.3, 0.4) is 0 Å². The second kappa shape index (κ2) is 5.58. The summed E-state index contributed by atoms with van der Waals surface area (Å²) in [6, 6.07) is 3.53. The van der Waals surface area contributed by atoms with Gasteiger partial charge in [0.25, 0.3) is 0 Å². The van der Waals surface area contributed by atoms with Crippen LogP contribution >= 0.6 is 31.9 Å². The number of furan rings is 1. The summed E-state index contributed by atoms with van der Waals surface area (Å²) < 4.78 is 8.62. The third-order valence-corrected chi connectivity index (χ3v) is 4.45. The minimum absolute atomic E-state index is 0.427. The summed E-state index contributed by atoms with van der Waals surface area (Å²) in [6.07, 6.45) is 3.58. The third kappa shape index (κ3) is 2.85. The molecule has 0 fully saturated rings. The number of nitrogens with two attached hydrogens (primary N) is 1. The second-order valence-corrected chi connectivity index (χ2v) is 5.82. The van der Waals surface area contributed by atoms with Gasteiger partial charge in [0.05, 0.1) is 16.4 Å². The summed E-state index contributed by atoms with van der Waals surface area (Å²) >= 11 is 6.66. The Bertz CT molecular complexity index is 777. The van der Waals surface area contributed by atoms with Crippen molar-refractivity contribution in [3.63, 3.8) is 0 Å². The number of nitrogen functional groups attached to an aromatic ring is 1. The molecule has 0 unspecified atom stereocenters. The van der Waals surface area contributed by atoms with Crippen LogP contribution in [-0.4, -0.2) is 19.7 Å². The van der Waals surface area contributed by atoms with Gasteiger partial charge in [-0.25, -0.2) is 15.8 Å². The number of hydrazine groups is 1. The topological polar surface area (TPSA) is 94.8 Å². The first kappa shape index (κ1) is 14.2. The molecule has 0 aliphatic rings. The van der Waals surface area contributed by atoms with E-state index in [-0.39, 0.29) is 0 Å². The molecule has 3 aromatic heterocycles. The first-order chi connectivity index (χ1) is 10.1. The molecule has 3 N–H and O–H groups in total. The van der Waals surface area contributed by atoms with E-state index in [0.29, 0.717) is 27.8 Å². The number of anilines is 1. The lowest BCUT2D eigenvalue weighted by molar-refractivity contribution is 0.549. The lowest BCUT2D eigenvalue weighted by Gasteiger charge is -2.04. The summed E-state index contributed by atoms with van der Waals surface area (Å²) in [4.78, 5) is 8.79. The maximum atomic E-state index is 5.55. The molecule has 3 aromatic rings. The molecule has 7 nitrogen and oxygen atoms in total. The summed E-state index contributed by atoms with van der Waals surface area (Å²) in [5.74, 6) is 6.91. The zero-order valence-electron chi connectivity index (χ0n) is 10.8. The van der Waals surface area contributed by atoms with E-state index in [2.05, 4.69) is 52.4 Å². The van der Waals surface area contributed by atoms with Crippen molar-refractivity contribution in [2.45, 2.75) is 0 Å². The van der Waals surface area contributed by atoms with Gasteiger partial charge in [0.2, 0.25) is 0 Å². The fourth-order valence-corrected chi connectivity index (χ4v) is 2.37. The van der Waals surface area contributed by atoms with Crippen LogP contribution in [-0.2, 0) is 7.05 Å². The second-order valence-electron chi connectivity index (χ2n) is 4.24. The number of nitrogens with zero attached hydrogens (tertiary/aromatic N) is 4. The van der Waals surface area contributed by atoms with Crippen molar-refractivity contribution >= 4 is 37.7 Å². The maximum absolute atomic E-state index is 5.55. The quantitative estimate of drug-likeness (QED) is 0.506.